The van der Waals surface area contributed by atoms with Crippen LogP contribution in [-0.4, -0.2) is 12.0 Å². The third-order valence-electron chi connectivity index (χ3n) is 2.83. The van der Waals surface area contributed by atoms with E-state index >= 15 is 0 Å². The van der Waals surface area contributed by atoms with Crippen molar-refractivity contribution in [3.05, 3.63) is 58.1 Å². The van der Waals surface area contributed by atoms with Gasteiger partial charge in [-0.05, 0) is 43.3 Å². The van der Waals surface area contributed by atoms with E-state index in [0.29, 0.717) is 22.0 Å². The van der Waals surface area contributed by atoms with Gasteiger partial charge in [-0.25, -0.2) is 0 Å². The molecule has 6 heteroatoms. The van der Waals surface area contributed by atoms with Crippen LogP contribution in [0, 0.1) is 11.3 Å². The molecule has 0 aliphatic heterocycles. The summed E-state index contributed by atoms with van der Waals surface area (Å²) in [5, 5.41) is 12.3. The van der Waals surface area contributed by atoms with Gasteiger partial charge in [-0.2, -0.15) is 5.26 Å². The largest absolute Gasteiger partial charge is 0.479 e. The molecule has 1 N–H and O–H groups in total. The molecule has 0 bridgehead atoms. The molecule has 2 rings (SSSR count). The number of halogens is 2. The SMILES string of the molecule is C[C@H](Oc1ccc(C#N)cc1Cl)C(=O)Nc1cccc(Cl)c1. The van der Waals surface area contributed by atoms with E-state index in [0.717, 1.165) is 0 Å². The quantitative estimate of drug-likeness (QED) is 0.907. The van der Waals surface area contributed by atoms with E-state index in [-0.39, 0.29) is 10.9 Å². The van der Waals surface area contributed by atoms with Crippen LogP contribution in [0.15, 0.2) is 42.5 Å². The van der Waals surface area contributed by atoms with Crippen molar-refractivity contribution in [3.63, 3.8) is 0 Å². The molecule has 0 unspecified atom stereocenters. The van der Waals surface area contributed by atoms with E-state index < -0.39 is 6.10 Å². The van der Waals surface area contributed by atoms with Crippen molar-refractivity contribution < 1.29 is 9.53 Å². The normalized spacial score (nSPS) is 11.4. The summed E-state index contributed by atoms with van der Waals surface area (Å²) in [6.07, 6.45) is -0.760. The Labute approximate surface area is 138 Å². The average Bonchev–Trinajstić information content (AvgIpc) is 2.49. The molecule has 4 nitrogen and oxygen atoms in total. The maximum absolute atomic E-state index is 12.1. The zero-order valence-corrected chi connectivity index (χ0v) is 13.2. The summed E-state index contributed by atoms with van der Waals surface area (Å²) in [5.41, 5.74) is 1.01. The smallest absolute Gasteiger partial charge is 0.265 e. The van der Waals surface area contributed by atoms with Crippen LogP contribution in [0.5, 0.6) is 5.75 Å². The topological polar surface area (TPSA) is 62.1 Å². The molecular formula is C16H12Cl2N2O2. The molecule has 0 saturated heterocycles. The van der Waals surface area contributed by atoms with Crippen LogP contribution in [0.3, 0.4) is 0 Å². The van der Waals surface area contributed by atoms with Gasteiger partial charge in [0.2, 0.25) is 0 Å². The molecule has 0 aliphatic carbocycles. The van der Waals surface area contributed by atoms with E-state index in [4.69, 9.17) is 33.2 Å². The fraction of sp³-hybridized carbons (Fsp3) is 0.125. The molecule has 0 heterocycles. The van der Waals surface area contributed by atoms with Crippen molar-refractivity contribution in [1.29, 1.82) is 5.26 Å². The number of nitrogens with zero attached hydrogens (tertiary/aromatic N) is 1. The van der Waals surface area contributed by atoms with E-state index in [1.807, 2.05) is 6.07 Å². The third-order valence-corrected chi connectivity index (χ3v) is 3.36. The Morgan fingerprint density at radius 1 is 1.27 bits per heavy atom. The first-order valence-corrected chi connectivity index (χ1v) is 7.18. The number of benzene rings is 2. The Bertz CT molecular complexity index is 741. The van der Waals surface area contributed by atoms with E-state index in [1.54, 1.807) is 43.3 Å². The highest BCUT2D eigenvalue weighted by molar-refractivity contribution is 6.32. The minimum absolute atomic E-state index is 0.279. The van der Waals surface area contributed by atoms with Crippen LogP contribution in [-0.2, 0) is 4.79 Å². The number of nitriles is 1. The van der Waals surface area contributed by atoms with E-state index in [2.05, 4.69) is 5.32 Å². The highest BCUT2D eigenvalue weighted by Crippen LogP contribution is 2.26. The standard InChI is InChI=1S/C16H12Cl2N2O2/c1-10(16(21)20-13-4-2-3-12(17)8-13)22-15-6-5-11(9-19)7-14(15)18/h2-8,10H,1H3,(H,20,21)/t10-/m0/s1. The van der Waals surface area contributed by atoms with Gasteiger partial charge in [0.15, 0.2) is 6.10 Å². The maximum atomic E-state index is 12.1. The molecule has 2 aromatic carbocycles. The first-order chi connectivity index (χ1) is 10.5. The molecule has 0 fully saturated rings. The third kappa shape index (κ3) is 4.14. The fourth-order valence-corrected chi connectivity index (χ4v) is 2.14. The highest BCUT2D eigenvalue weighted by atomic mass is 35.5. The number of nitrogens with one attached hydrogen (secondary N) is 1. The summed E-state index contributed by atoms with van der Waals surface area (Å²) in [5.74, 6) is 0.0112. The fourth-order valence-electron chi connectivity index (χ4n) is 1.72. The van der Waals surface area contributed by atoms with Crippen LogP contribution in [0.25, 0.3) is 0 Å². The molecule has 0 saturated carbocycles. The number of amides is 1. The summed E-state index contributed by atoms with van der Waals surface area (Å²) in [6, 6.07) is 13.4. The Hall–Kier alpha value is -2.22. The number of ether oxygens (including phenoxy) is 1. The Balaban J connectivity index is 2.04. The lowest BCUT2D eigenvalue weighted by atomic mass is 10.2. The predicted octanol–water partition coefficient (Wildman–Crippen LogP) is 4.27. The Morgan fingerprint density at radius 3 is 2.68 bits per heavy atom. The summed E-state index contributed by atoms with van der Waals surface area (Å²) < 4.78 is 5.52. The molecule has 0 aromatic heterocycles. The molecule has 2 aromatic rings. The van der Waals surface area contributed by atoms with Crippen LogP contribution in [0.2, 0.25) is 10.0 Å². The minimum Gasteiger partial charge on any atom is -0.479 e. The molecule has 0 aliphatic rings. The van der Waals surface area contributed by atoms with Crippen molar-refractivity contribution in [2.24, 2.45) is 0 Å². The van der Waals surface area contributed by atoms with Crippen molar-refractivity contribution in [3.8, 4) is 11.8 Å². The van der Waals surface area contributed by atoms with Gasteiger partial charge in [0, 0.05) is 10.7 Å². The van der Waals surface area contributed by atoms with Gasteiger partial charge in [-0.15, -0.1) is 0 Å². The monoisotopic (exact) mass is 334 g/mol. The summed E-state index contributed by atoms with van der Waals surface area (Å²) >= 11 is 11.9. The molecule has 1 atom stereocenters. The van der Waals surface area contributed by atoms with Gasteiger partial charge >= 0.3 is 0 Å². The summed E-state index contributed by atoms with van der Waals surface area (Å²) in [7, 11) is 0. The van der Waals surface area contributed by atoms with Crippen LogP contribution < -0.4 is 10.1 Å². The number of hydrogen-bond donors (Lipinski definition) is 1. The predicted molar refractivity (Wildman–Crippen MR) is 86.3 cm³/mol. The van der Waals surface area contributed by atoms with Gasteiger partial charge in [0.25, 0.3) is 5.91 Å². The zero-order chi connectivity index (χ0) is 16.1. The Morgan fingerprint density at radius 2 is 2.05 bits per heavy atom. The average molecular weight is 335 g/mol. The van der Waals surface area contributed by atoms with Crippen LogP contribution >= 0.6 is 23.2 Å². The molecule has 0 radical (unpaired) electrons. The highest BCUT2D eigenvalue weighted by Gasteiger charge is 2.16. The van der Waals surface area contributed by atoms with Crippen LogP contribution in [0.4, 0.5) is 5.69 Å². The van der Waals surface area contributed by atoms with Crippen molar-refractivity contribution in [2.75, 3.05) is 5.32 Å². The van der Waals surface area contributed by atoms with Crippen LogP contribution in [0.1, 0.15) is 12.5 Å². The van der Waals surface area contributed by atoms with Gasteiger partial charge in [0.05, 0.1) is 16.7 Å². The molecule has 112 valence electrons. The minimum atomic E-state index is -0.760. The zero-order valence-electron chi connectivity index (χ0n) is 11.6. The number of rotatable bonds is 4. The summed E-state index contributed by atoms with van der Waals surface area (Å²) in [6.45, 7) is 1.61. The van der Waals surface area contributed by atoms with Gasteiger partial charge in [-0.3, -0.25) is 4.79 Å². The number of carbonyl (C=O) groups is 1. The lowest BCUT2D eigenvalue weighted by Gasteiger charge is -2.15. The number of carbonyl (C=O) groups excluding carboxylic acids is 1. The van der Waals surface area contributed by atoms with Crippen molar-refractivity contribution in [2.45, 2.75) is 13.0 Å². The molecule has 1 amide bonds. The molecular weight excluding hydrogens is 323 g/mol. The second-order valence-corrected chi connectivity index (χ2v) is 5.36. The van der Waals surface area contributed by atoms with Crippen molar-refractivity contribution >= 4 is 34.8 Å². The number of anilines is 1. The number of hydrogen-bond acceptors (Lipinski definition) is 3. The van der Waals surface area contributed by atoms with Gasteiger partial charge in [-0.1, -0.05) is 29.3 Å². The first kappa shape index (κ1) is 16.2. The maximum Gasteiger partial charge on any atom is 0.265 e. The molecule has 0 spiro atoms. The van der Waals surface area contributed by atoms with Crippen molar-refractivity contribution in [1.82, 2.24) is 0 Å². The van der Waals surface area contributed by atoms with Gasteiger partial charge in [0.1, 0.15) is 5.75 Å². The second kappa shape index (κ2) is 7.17. The van der Waals surface area contributed by atoms with E-state index in [1.165, 1.54) is 6.07 Å². The first-order valence-electron chi connectivity index (χ1n) is 6.42. The van der Waals surface area contributed by atoms with E-state index in [9.17, 15) is 4.79 Å². The summed E-state index contributed by atoms with van der Waals surface area (Å²) in [4.78, 5) is 12.1. The molecule has 22 heavy (non-hydrogen) atoms. The lowest BCUT2D eigenvalue weighted by molar-refractivity contribution is -0.122. The second-order valence-electron chi connectivity index (χ2n) is 4.52. The lowest BCUT2D eigenvalue weighted by Crippen LogP contribution is -2.30. The van der Waals surface area contributed by atoms with Gasteiger partial charge < -0.3 is 10.1 Å². The Kier molecular flexibility index (Phi) is 5.26.